The van der Waals surface area contributed by atoms with Gasteiger partial charge in [0, 0.05) is 19.1 Å². The number of nitrogens with zero attached hydrogens (tertiary/aromatic N) is 1. The van der Waals surface area contributed by atoms with Gasteiger partial charge in [0.05, 0.1) is 10.8 Å². The largest absolute Gasteiger partial charge is 0.353 e. The first-order chi connectivity index (χ1) is 12.4. The summed E-state index contributed by atoms with van der Waals surface area (Å²) in [6.07, 6.45) is 4.31. The third kappa shape index (κ3) is 4.07. The molecular formula is C18H26FN3O3S. The highest BCUT2D eigenvalue weighted by Gasteiger charge is 2.35. The predicted octanol–water partition coefficient (Wildman–Crippen LogP) is 1.47. The number of hydrogen-bond donors (Lipinski definition) is 2. The third-order valence-corrected chi connectivity index (χ3v) is 7.38. The number of nitrogens with two attached hydrogens (primary N) is 1. The number of rotatable bonds is 5. The molecule has 1 aromatic rings. The lowest BCUT2D eigenvalue weighted by molar-refractivity contribution is -0.127. The van der Waals surface area contributed by atoms with Crippen molar-refractivity contribution in [2.45, 2.75) is 43.0 Å². The first kappa shape index (κ1) is 19.3. The second-order valence-electron chi connectivity index (χ2n) is 7.20. The summed E-state index contributed by atoms with van der Waals surface area (Å²) in [5, 5.41) is 3.08. The fourth-order valence-corrected chi connectivity index (χ4v) is 5.46. The molecule has 0 spiro atoms. The molecule has 26 heavy (non-hydrogen) atoms. The van der Waals surface area contributed by atoms with Gasteiger partial charge in [-0.15, -0.1) is 0 Å². The standard InChI is InChI=1S/C18H26FN3O3S/c19-15-6-8-16(9-7-15)26(24,25)22-10-2-4-14(12-22)18(23)21-17-5-1-3-13(17)11-20/h6-9,13-14,17H,1-5,10-12,20H2,(H,21,23). The molecule has 1 aliphatic heterocycles. The van der Waals surface area contributed by atoms with E-state index in [4.69, 9.17) is 5.73 Å². The highest BCUT2D eigenvalue weighted by molar-refractivity contribution is 7.89. The number of carbonyl (C=O) groups excluding carboxylic acids is 1. The summed E-state index contributed by atoms with van der Waals surface area (Å²) in [7, 11) is -3.72. The molecule has 2 aliphatic rings. The number of piperidine rings is 1. The number of halogens is 1. The Morgan fingerprint density at radius 2 is 1.92 bits per heavy atom. The smallest absolute Gasteiger partial charge is 0.243 e. The molecule has 6 nitrogen and oxygen atoms in total. The van der Waals surface area contributed by atoms with E-state index < -0.39 is 15.8 Å². The Balaban J connectivity index is 1.66. The second kappa shape index (κ2) is 8.02. The van der Waals surface area contributed by atoms with E-state index in [2.05, 4.69) is 5.32 Å². The van der Waals surface area contributed by atoms with Crippen LogP contribution in [0.1, 0.15) is 32.1 Å². The number of benzene rings is 1. The molecule has 3 atom stereocenters. The van der Waals surface area contributed by atoms with Crippen molar-refractivity contribution in [3.63, 3.8) is 0 Å². The summed E-state index contributed by atoms with van der Waals surface area (Å²) in [6.45, 7) is 1.09. The summed E-state index contributed by atoms with van der Waals surface area (Å²) in [5.41, 5.74) is 5.77. The van der Waals surface area contributed by atoms with E-state index in [0.29, 0.717) is 31.8 Å². The molecule has 1 heterocycles. The molecule has 3 N–H and O–H groups in total. The zero-order chi connectivity index (χ0) is 18.7. The number of amides is 1. The van der Waals surface area contributed by atoms with E-state index in [9.17, 15) is 17.6 Å². The van der Waals surface area contributed by atoms with E-state index in [-0.39, 0.29) is 29.3 Å². The van der Waals surface area contributed by atoms with Crippen molar-refractivity contribution < 1.29 is 17.6 Å². The summed E-state index contributed by atoms with van der Waals surface area (Å²) in [4.78, 5) is 12.7. The molecule has 0 radical (unpaired) electrons. The Morgan fingerprint density at radius 1 is 1.19 bits per heavy atom. The first-order valence-electron chi connectivity index (χ1n) is 9.18. The zero-order valence-corrected chi connectivity index (χ0v) is 15.6. The van der Waals surface area contributed by atoms with Crippen molar-refractivity contribution in [2.75, 3.05) is 19.6 Å². The lowest BCUT2D eigenvalue weighted by Gasteiger charge is -2.32. The molecule has 144 valence electrons. The Labute approximate surface area is 154 Å². The van der Waals surface area contributed by atoms with Crippen molar-refractivity contribution in [3.05, 3.63) is 30.1 Å². The van der Waals surface area contributed by atoms with Crippen LogP contribution >= 0.6 is 0 Å². The van der Waals surface area contributed by atoms with Crippen LogP contribution in [0.15, 0.2) is 29.2 Å². The van der Waals surface area contributed by atoms with Crippen LogP contribution < -0.4 is 11.1 Å². The minimum absolute atomic E-state index is 0.0546. The van der Waals surface area contributed by atoms with Gasteiger partial charge in [-0.2, -0.15) is 4.31 Å². The zero-order valence-electron chi connectivity index (χ0n) is 14.7. The van der Waals surface area contributed by atoms with E-state index >= 15 is 0 Å². The highest BCUT2D eigenvalue weighted by atomic mass is 32.2. The van der Waals surface area contributed by atoms with Gasteiger partial charge >= 0.3 is 0 Å². The van der Waals surface area contributed by atoms with E-state index in [1.807, 2.05) is 0 Å². The molecule has 3 rings (SSSR count). The van der Waals surface area contributed by atoms with Gasteiger partial charge in [0.25, 0.3) is 0 Å². The van der Waals surface area contributed by atoms with Crippen LogP contribution in [-0.2, 0) is 14.8 Å². The highest BCUT2D eigenvalue weighted by Crippen LogP contribution is 2.27. The molecule has 3 unspecified atom stereocenters. The fraction of sp³-hybridized carbons (Fsp3) is 0.611. The van der Waals surface area contributed by atoms with Crippen LogP contribution in [0.5, 0.6) is 0 Å². The van der Waals surface area contributed by atoms with Gasteiger partial charge in [0.1, 0.15) is 5.82 Å². The number of carbonyl (C=O) groups is 1. The molecule has 0 bridgehead atoms. The Kier molecular flexibility index (Phi) is 5.94. The van der Waals surface area contributed by atoms with Gasteiger partial charge in [0.2, 0.25) is 15.9 Å². The number of hydrogen-bond acceptors (Lipinski definition) is 4. The van der Waals surface area contributed by atoms with Crippen molar-refractivity contribution in [1.82, 2.24) is 9.62 Å². The van der Waals surface area contributed by atoms with Gasteiger partial charge in [-0.25, -0.2) is 12.8 Å². The van der Waals surface area contributed by atoms with E-state index in [0.717, 1.165) is 31.4 Å². The SMILES string of the molecule is NCC1CCCC1NC(=O)C1CCCN(S(=O)(=O)c2ccc(F)cc2)C1. The maximum Gasteiger partial charge on any atom is 0.243 e. The molecule has 0 aromatic heterocycles. The molecule has 1 aliphatic carbocycles. The average Bonchev–Trinajstić information content (AvgIpc) is 3.09. The van der Waals surface area contributed by atoms with Crippen molar-refractivity contribution in [1.29, 1.82) is 0 Å². The van der Waals surface area contributed by atoms with Crippen molar-refractivity contribution >= 4 is 15.9 Å². The molecule has 1 amide bonds. The summed E-state index contributed by atoms with van der Waals surface area (Å²) >= 11 is 0. The monoisotopic (exact) mass is 383 g/mol. The number of nitrogens with one attached hydrogen (secondary N) is 1. The molecule has 2 fully saturated rings. The molecule has 1 aromatic carbocycles. The van der Waals surface area contributed by atoms with Gasteiger partial charge in [-0.3, -0.25) is 4.79 Å². The lowest BCUT2D eigenvalue weighted by atomic mass is 9.97. The average molecular weight is 383 g/mol. The van der Waals surface area contributed by atoms with Crippen LogP contribution in [0.4, 0.5) is 4.39 Å². The first-order valence-corrected chi connectivity index (χ1v) is 10.6. The summed E-state index contributed by atoms with van der Waals surface area (Å²) in [6, 6.07) is 4.89. The maximum atomic E-state index is 13.1. The van der Waals surface area contributed by atoms with Crippen LogP contribution in [0, 0.1) is 17.7 Å². The summed E-state index contributed by atoms with van der Waals surface area (Å²) in [5.74, 6) is -0.625. The molecular weight excluding hydrogens is 357 g/mol. The summed E-state index contributed by atoms with van der Waals surface area (Å²) < 4.78 is 39.9. The predicted molar refractivity (Wildman–Crippen MR) is 96.2 cm³/mol. The van der Waals surface area contributed by atoms with E-state index in [1.165, 1.54) is 16.4 Å². The Hall–Kier alpha value is -1.51. The van der Waals surface area contributed by atoms with Crippen LogP contribution in [0.3, 0.4) is 0 Å². The fourth-order valence-electron chi connectivity index (χ4n) is 3.94. The Morgan fingerprint density at radius 3 is 2.62 bits per heavy atom. The second-order valence-corrected chi connectivity index (χ2v) is 9.14. The van der Waals surface area contributed by atoms with Crippen molar-refractivity contribution in [3.8, 4) is 0 Å². The van der Waals surface area contributed by atoms with Gasteiger partial charge in [0.15, 0.2) is 0 Å². The maximum absolute atomic E-state index is 13.1. The lowest BCUT2D eigenvalue weighted by Crippen LogP contribution is -2.48. The third-order valence-electron chi connectivity index (χ3n) is 5.50. The minimum Gasteiger partial charge on any atom is -0.353 e. The molecule has 1 saturated heterocycles. The quantitative estimate of drug-likeness (QED) is 0.805. The minimum atomic E-state index is -3.72. The topological polar surface area (TPSA) is 92.5 Å². The molecule has 8 heteroatoms. The van der Waals surface area contributed by atoms with Crippen LogP contribution in [0.25, 0.3) is 0 Å². The molecule has 1 saturated carbocycles. The van der Waals surface area contributed by atoms with Gasteiger partial charge in [-0.05, 0) is 62.4 Å². The van der Waals surface area contributed by atoms with Crippen LogP contribution in [0.2, 0.25) is 0 Å². The van der Waals surface area contributed by atoms with Crippen LogP contribution in [-0.4, -0.2) is 44.3 Å². The number of sulfonamides is 1. The van der Waals surface area contributed by atoms with Crippen molar-refractivity contribution in [2.24, 2.45) is 17.6 Å². The van der Waals surface area contributed by atoms with Gasteiger partial charge in [-0.1, -0.05) is 6.42 Å². The normalized spacial score (nSPS) is 27.4. The van der Waals surface area contributed by atoms with E-state index in [1.54, 1.807) is 0 Å². The van der Waals surface area contributed by atoms with Gasteiger partial charge < -0.3 is 11.1 Å². The Bertz CT molecular complexity index is 739.